The van der Waals surface area contributed by atoms with Gasteiger partial charge in [-0.25, -0.2) is 0 Å². The third-order valence-corrected chi connectivity index (χ3v) is 3.53. The van der Waals surface area contributed by atoms with Crippen LogP contribution in [-0.2, 0) is 10.2 Å². The first kappa shape index (κ1) is 8.30. The summed E-state index contributed by atoms with van der Waals surface area (Å²) in [6, 6.07) is 8.55. The fourth-order valence-corrected chi connectivity index (χ4v) is 2.68. The maximum absolute atomic E-state index is 5.78. The predicted molar refractivity (Wildman–Crippen MR) is 56.4 cm³/mol. The highest BCUT2D eigenvalue weighted by molar-refractivity contribution is 5.61. The third kappa shape index (κ3) is 0.947. The van der Waals surface area contributed by atoms with Gasteiger partial charge in [-0.2, -0.15) is 0 Å². The van der Waals surface area contributed by atoms with Crippen LogP contribution in [0.15, 0.2) is 24.3 Å². The van der Waals surface area contributed by atoms with Gasteiger partial charge in [0, 0.05) is 17.7 Å². The van der Waals surface area contributed by atoms with Crippen LogP contribution in [-0.4, -0.2) is 12.8 Å². The molecule has 0 unspecified atom stereocenters. The number of para-hydroxylation sites is 1. The van der Waals surface area contributed by atoms with Crippen LogP contribution in [0.4, 0.5) is 5.69 Å². The molecular weight excluding hydrogens is 174 g/mol. The average Bonchev–Trinajstić information content (AvgIpc) is 2.51. The van der Waals surface area contributed by atoms with Gasteiger partial charge in [-0.3, -0.25) is 0 Å². The molecule has 0 amide bonds. The number of hydrogen-bond acceptors (Lipinski definition) is 2. The van der Waals surface area contributed by atoms with Crippen molar-refractivity contribution in [1.29, 1.82) is 0 Å². The minimum absolute atomic E-state index is 0.189. The Labute approximate surface area is 84.3 Å². The van der Waals surface area contributed by atoms with E-state index < -0.39 is 0 Å². The predicted octanol–water partition coefficient (Wildman–Crippen LogP) is 2.51. The molecule has 3 rings (SSSR count). The van der Waals surface area contributed by atoms with Gasteiger partial charge < -0.3 is 10.1 Å². The van der Waals surface area contributed by atoms with E-state index in [1.807, 2.05) is 0 Å². The van der Waals surface area contributed by atoms with Crippen LogP contribution in [0.2, 0.25) is 0 Å². The maximum atomic E-state index is 5.78. The van der Waals surface area contributed by atoms with Crippen molar-refractivity contribution in [3.63, 3.8) is 0 Å². The molecule has 1 aromatic rings. The van der Waals surface area contributed by atoms with E-state index in [4.69, 9.17) is 4.74 Å². The summed E-state index contributed by atoms with van der Waals surface area (Å²) in [6.07, 6.45) is 2.58. The third-order valence-electron chi connectivity index (χ3n) is 3.53. The Morgan fingerprint density at radius 3 is 3.21 bits per heavy atom. The molecule has 74 valence electrons. The minimum Gasteiger partial charge on any atom is -0.359 e. The zero-order chi connectivity index (χ0) is 9.60. The molecule has 1 fully saturated rings. The maximum Gasteiger partial charge on any atom is 0.137 e. The van der Waals surface area contributed by atoms with Crippen LogP contribution in [0.1, 0.15) is 25.3 Å². The number of rotatable bonds is 0. The van der Waals surface area contributed by atoms with Gasteiger partial charge in [0.25, 0.3) is 0 Å². The highest BCUT2D eigenvalue weighted by Gasteiger charge is 2.45. The molecule has 1 saturated heterocycles. The van der Waals surface area contributed by atoms with Crippen LogP contribution in [0.25, 0.3) is 0 Å². The number of benzene rings is 1. The van der Waals surface area contributed by atoms with Crippen molar-refractivity contribution in [3.8, 4) is 0 Å². The van der Waals surface area contributed by atoms with Crippen molar-refractivity contribution in [2.75, 3.05) is 11.9 Å². The molecule has 1 N–H and O–H groups in total. The van der Waals surface area contributed by atoms with Gasteiger partial charge in [0.15, 0.2) is 0 Å². The van der Waals surface area contributed by atoms with E-state index >= 15 is 0 Å². The van der Waals surface area contributed by atoms with Crippen molar-refractivity contribution in [2.24, 2.45) is 0 Å². The summed E-state index contributed by atoms with van der Waals surface area (Å²) in [6.45, 7) is 3.19. The van der Waals surface area contributed by atoms with Crippen LogP contribution in [0.3, 0.4) is 0 Å². The largest absolute Gasteiger partial charge is 0.359 e. The molecular formula is C12H15NO. The fraction of sp³-hybridized carbons (Fsp3) is 0.500. The first-order valence-corrected chi connectivity index (χ1v) is 5.28. The van der Waals surface area contributed by atoms with Gasteiger partial charge in [-0.1, -0.05) is 25.1 Å². The van der Waals surface area contributed by atoms with Gasteiger partial charge in [0.2, 0.25) is 0 Å². The lowest BCUT2D eigenvalue weighted by Gasteiger charge is -2.35. The normalized spacial score (nSPS) is 34.5. The van der Waals surface area contributed by atoms with Gasteiger partial charge >= 0.3 is 0 Å². The van der Waals surface area contributed by atoms with Crippen molar-refractivity contribution in [1.82, 2.24) is 0 Å². The molecule has 0 bridgehead atoms. The molecule has 0 saturated carbocycles. The first-order valence-electron chi connectivity index (χ1n) is 5.28. The molecule has 2 atom stereocenters. The summed E-state index contributed by atoms with van der Waals surface area (Å²) in [4.78, 5) is 0. The van der Waals surface area contributed by atoms with Crippen molar-refractivity contribution in [3.05, 3.63) is 29.8 Å². The van der Waals surface area contributed by atoms with E-state index in [0.29, 0.717) is 0 Å². The zero-order valence-corrected chi connectivity index (χ0v) is 8.42. The van der Waals surface area contributed by atoms with E-state index in [2.05, 4.69) is 36.5 Å². The Morgan fingerprint density at radius 2 is 2.29 bits per heavy atom. The molecule has 0 aliphatic carbocycles. The molecule has 14 heavy (non-hydrogen) atoms. The van der Waals surface area contributed by atoms with E-state index in [9.17, 15) is 0 Å². The van der Waals surface area contributed by atoms with Crippen molar-refractivity contribution >= 4 is 5.69 Å². The SMILES string of the molecule is C[C@@]12CCCO[C@@H]1Nc1ccccc12. The highest BCUT2D eigenvalue weighted by atomic mass is 16.5. The standard InChI is InChI=1S/C12H15NO/c1-12-7-4-8-14-11(12)13-10-6-3-2-5-9(10)12/h2-3,5-6,11,13H,4,7-8H2,1H3/t11-,12-/m0/s1. The Kier molecular flexibility index (Phi) is 1.62. The Bertz CT molecular complexity index is 363. The second-order valence-corrected chi connectivity index (χ2v) is 4.46. The molecule has 1 aromatic carbocycles. The van der Waals surface area contributed by atoms with E-state index in [1.54, 1.807) is 0 Å². The summed E-state index contributed by atoms with van der Waals surface area (Å²) in [5, 5.41) is 3.45. The molecule has 2 heteroatoms. The van der Waals surface area contributed by atoms with Crippen molar-refractivity contribution in [2.45, 2.75) is 31.4 Å². The monoisotopic (exact) mass is 189 g/mol. The Balaban J connectivity index is 2.10. The number of ether oxygens (including phenoxy) is 1. The van der Waals surface area contributed by atoms with Gasteiger partial charge in [0.05, 0.1) is 0 Å². The molecule has 0 spiro atoms. The van der Waals surface area contributed by atoms with Gasteiger partial charge in [0.1, 0.15) is 6.23 Å². The second kappa shape index (κ2) is 2.74. The summed E-state index contributed by atoms with van der Waals surface area (Å²) in [5.41, 5.74) is 2.86. The highest BCUT2D eigenvalue weighted by Crippen LogP contribution is 2.46. The van der Waals surface area contributed by atoms with Crippen molar-refractivity contribution < 1.29 is 4.74 Å². The summed E-state index contributed by atoms with van der Waals surface area (Å²) in [7, 11) is 0. The Hall–Kier alpha value is -1.02. The molecule has 0 aromatic heterocycles. The fourth-order valence-electron chi connectivity index (χ4n) is 2.68. The number of anilines is 1. The molecule has 2 heterocycles. The molecule has 2 nitrogen and oxygen atoms in total. The van der Waals surface area contributed by atoms with Gasteiger partial charge in [-0.15, -0.1) is 0 Å². The van der Waals surface area contributed by atoms with Crippen LogP contribution < -0.4 is 5.32 Å². The topological polar surface area (TPSA) is 21.3 Å². The minimum atomic E-state index is 0.189. The first-order chi connectivity index (χ1) is 6.81. The average molecular weight is 189 g/mol. The van der Waals surface area contributed by atoms with Crippen LogP contribution >= 0.6 is 0 Å². The zero-order valence-electron chi connectivity index (χ0n) is 8.42. The molecule has 2 aliphatic heterocycles. The van der Waals surface area contributed by atoms with E-state index in [1.165, 1.54) is 24.1 Å². The number of hydrogen-bond donors (Lipinski definition) is 1. The van der Waals surface area contributed by atoms with Gasteiger partial charge in [-0.05, 0) is 24.5 Å². The quantitative estimate of drug-likeness (QED) is 0.677. The summed E-state index contributed by atoms with van der Waals surface area (Å²) < 4.78 is 5.78. The summed E-state index contributed by atoms with van der Waals surface area (Å²) in [5.74, 6) is 0. The molecule has 2 aliphatic rings. The lowest BCUT2D eigenvalue weighted by atomic mass is 9.78. The lowest BCUT2D eigenvalue weighted by Crippen LogP contribution is -2.42. The van der Waals surface area contributed by atoms with Crippen LogP contribution in [0, 0.1) is 0 Å². The number of fused-ring (bicyclic) bond motifs is 3. The second-order valence-electron chi connectivity index (χ2n) is 4.46. The van der Waals surface area contributed by atoms with Crippen LogP contribution in [0.5, 0.6) is 0 Å². The smallest absolute Gasteiger partial charge is 0.137 e. The number of nitrogens with one attached hydrogen (secondary N) is 1. The Morgan fingerprint density at radius 1 is 1.43 bits per heavy atom. The summed E-state index contributed by atoms with van der Waals surface area (Å²) >= 11 is 0. The van der Waals surface area contributed by atoms with E-state index in [-0.39, 0.29) is 11.6 Å². The molecule has 0 radical (unpaired) electrons. The lowest BCUT2D eigenvalue weighted by molar-refractivity contribution is -0.0139. The van der Waals surface area contributed by atoms with E-state index in [0.717, 1.165) is 6.61 Å².